The van der Waals surface area contributed by atoms with E-state index in [1.807, 2.05) is 12.1 Å². The smallest absolute Gasteiger partial charge is 0.273 e. The van der Waals surface area contributed by atoms with E-state index in [9.17, 15) is 10.1 Å². The zero-order valence-corrected chi connectivity index (χ0v) is 10.2. The topological polar surface area (TPSA) is 94.1 Å². The predicted octanol–water partition coefficient (Wildman–Crippen LogP) is 2.23. The summed E-state index contributed by atoms with van der Waals surface area (Å²) in [6, 6.07) is 8.35. The van der Waals surface area contributed by atoms with Crippen molar-refractivity contribution >= 4 is 17.1 Å². The van der Waals surface area contributed by atoms with Crippen LogP contribution in [0.5, 0.6) is 0 Å². The number of anilines is 2. The first-order chi connectivity index (χ1) is 9.15. The van der Waals surface area contributed by atoms with E-state index in [-0.39, 0.29) is 5.69 Å². The van der Waals surface area contributed by atoms with Crippen molar-refractivity contribution in [2.75, 3.05) is 17.6 Å². The van der Waals surface area contributed by atoms with Crippen LogP contribution in [0.2, 0.25) is 0 Å². The molecule has 98 valence electrons. The number of nitro benzene ring substituents is 1. The molecule has 2 rings (SSSR count). The van der Waals surface area contributed by atoms with Crippen LogP contribution in [0.1, 0.15) is 5.56 Å². The number of hydrogen-bond donors (Lipinski definition) is 2. The highest BCUT2D eigenvalue weighted by Gasteiger charge is 2.07. The molecule has 19 heavy (non-hydrogen) atoms. The molecule has 6 nitrogen and oxygen atoms in total. The average Bonchev–Trinajstić information content (AvgIpc) is 2.39. The van der Waals surface area contributed by atoms with Gasteiger partial charge in [-0.15, -0.1) is 0 Å². The second-order valence-corrected chi connectivity index (χ2v) is 4.11. The minimum absolute atomic E-state index is 0.0103. The molecule has 1 aromatic carbocycles. The van der Waals surface area contributed by atoms with Crippen molar-refractivity contribution < 1.29 is 4.92 Å². The summed E-state index contributed by atoms with van der Waals surface area (Å²) in [6.45, 7) is 0.659. The van der Waals surface area contributed by atoms with Gasteiger partial charge in [0, 0.05) is 42.4 Å². The van der Waals surface area contributed by atoms with Crippen molar-refractivity contribution in [3.8, 4) is 0 Å². The van der Waals surface area contributed by atoms with Gasteiger partial charge in [0.2, 0.25) is 0 Å². The Balaban J connectivity index is 1.98. The number of nitrogens with zero attached hydrogens (tertiary/aromatic N) is 2. The number of nitrogens with two attached hydrogens (primary N) is 1. The molecule has 0 fully saturated rings. The minimum atomic E-state index is -0.456. The quantitative estimate of drug-likeness (QED) is 0.487. The standard InChI is InChI=1S/C13H14N4O2/c14-11-6-12(8-13(7-11)17(18)19)16-5-3-10-2-1-4-15-9-10/h1-2,4,6-9,16H,3,5,14H2. The van der Waals surface area contributed by atoms with Crippen LogP contribution in [-0.2, 0) is 6.42 Å². The molecule has 0 aliphatic heterocycles. The summed E-state index contributed by atoms with van der Waals surface area (Å²) in [5.74, 6) is 0. The second kappa shape index (κ2) is 5.81. The molecule has 0 aliphatic rings. The fraction of sp³-hybridized carbons (Fsp3) is 0.154. The Labute approximate surface area is 110 Å². The van der Waals surface area contributed by atoms with Gasteiger partial charge in [0.1, 0.15) is 0 Å². The van der Waals surface area contributed by atoms with Gasteiger partial charge in [0.25, 0.3) is 5.69 Å². The van der Waals surface area contributed by atoms with Crippen molar-refractivity contribution in [1.82, 2.24) is 4.98 Å². The molecule has 0 atom stereocenters. The van der Waals surface area contributed by atoms with E-state index in [0.29, 0.717) is 17.9 Å². The summed E-state index contributed by atoms with van der Waals surface area (Å²) in [7, 11) is 0. The van der Waals surface area contributed by atoms with Gasteiger partial charge < -0.3 is 11.1 Å². The number of non-ortho nitro benzene ring substituents is 1. The summed E-state index contributed by atoms with van der Waals surface area (Å²) in [5.41, 5.74) is 7.74. The van der Waals surface area contributed by atoms with Gasteiger partial charge in [-0.2, -0.15) is 0 Å². The maximum absolute atomic E-state index is 10.7. The van der Waals surface area contributed by atoms with Crippen molar-refractivity contribution in [2.24, 2.45) is 0 Å². The van der Waals surface area contributed by atoms with E-state index < -0.39 is 4.92 Å². The lowest BCUT2D eigenvalue weighted by atomic mass is 10.2. The number of aromatic nitrogens is 1. The van der Waals surface area contributed by atoms with Crippen molar-refractivity contribution in [3.63, 3.8) is 0 Å². The van der Waals surface area contributed by atoms with E-state index in [0.717, 1.165) is 12.0 Å². The molecule has 2 aromatic rings. The van der Waals surface area contributed by atoms with Crippen molar-refractivity contribution in [1.29, 1.82) is 0 Å². The van der Waals surface area contributed by atoms with Crippen LogP contribution in [0.4, 0.5) is 17.1 Å². The highest BCUT2D eigenvalue weighted by atomic mass is 16.6. The highest BCUT2D eigenvalue weighted by molar-refractivity contribution is 5.61. The molecule has 0 amide bonds. The zero-order valence-electron chi connectivity index (χ0n) is 10.2. The third-order valence-corrected chi connectivity index (χ3v) is 2.62. The third kappa shape index (κ3) is 3.67. The number of nitrogens with one attached hydrogen (secondary N) is 1. The number of nitro groups is 1. The Morgan fingerprint density at radius 1 is 1.37 bits per heavy atom. The first-order valence-electron chi connectivity index (χ1n) is 5.83. The fourth-order valence-corrected chi connectivity index (χ4v) is 1.74. The van der Waals surface area contributed by atoms with Gasteiger partial charge in [-0.05, 0) is 24.1 Å². The normalized spacial score (nSPS) is 10.1. The van der Waals surface area contributed by atoms with E-state index in [1.54, 1.807) is 18.5 Å². The Hall–Kier alpha value is -2.63. The van der Waals surface area contributed by atoms with Gasteiger partial charge in [0.15, 0.2) is 0 Å². The summed E-state index contributed by atoms with van der Waals surface area (Å²) in [5, 5.41) is 13.8. The molecule has 1 aromatic heterocycles. The Morgan fingerprint density at radius 2 is 2.21 bits per heavy atom. The molecule has 6 heteroatoms. The van der Waals surface area contributed by atoms with Gasteiger partial charge >= 0.3 is 0 Å². The van der Waals surface area contributed by atoms with Crippen molar-refractivity contribution in [3.05, 3.63) is 58.4 Å². The molecule has 0 aliphatic carbocycles. The first-order valence-corrected chi connectivity index (χ1v) is 5.83. The molecular formula is C13H14N4O2. The van der Waals surface area contributed by atoms with Crippen LogP contribution in [-0.4, -0.2) is 16.5 Å². The first kappa shape index (κ1) is 12.8. The lowest BCUT2D eigenvalue weighted by Gasteiger charge is -2.07. The number of pyridine rings is 1. The fourth-order valence-electron chi connectivity index (χ4n) is 1.74. The van der Waals surface area contributed by atoms with Crippen molar-refractivity contribution in [2.45, 2.75) is 6.42 Å². The predicted molar refractivity (Wildman–Crippen MR) is 73.9 cm³/mol. The maximum atomic E-state index is 10.7. The van der Waals surface area contributed by atoms with Gasteiger partial charge in [0.05, 0.1) is 4.92 Å². The largest absolute Gasteiger partial charge is 0.398 e. The van der Waals surface area contributed by atoms with Gasteiger partial charge in [-0.3, -0.25) is 15.1 Å². The SMILES string of the molecule is Nc1cc(NCCc2cccnc2)cc([N+](=O)[O-])c1. The van der Waals surface area contributed by atoms with Crippen LogP contribution >= 0.6 is 0 Å². The summed E-state index contributed by atoms with van der Waals surface area (Å²) in [6.07, 6.45) is 4.30. The Morgan fingerprint density at radius 3 is 2.89 bits per heavy atom. The number of hydrogen-bond acceptors (Lipinski definition) is 5. The zero-order chi connectivity index (χ0) is 13.7. The molecule has 0 spiro atoms. The third-order valence-electron chi connectivity index (χ3n) is 2.62. The summed E-state index contributed by atoms with van der Waals surface area (Å²) >= 11 is 0. The number of benzene rings is 1. The average molecular weight is 258 g/mol. The monoisotopic (exact) mass is 258 g/mol. The van der Waals surface area contributed by atoms with Gasteiger partial charge in [-0.1, -0.05) is 6.07 Å². The van der Waals surface area contributed by atoms with Crippen LogP contribution in [0, 0.1) is 10.1 Å². The molecule has 0 radical (unpaired) electrons. The molecule has 3 N–H and O–H groups in total. The minimum Gasteiger partial charge on any atom is -0.398 e. The number of nitrogen functional groups attached to an aromatic ring is 1. The molecule has 0 saturated heterocycles. The lowest BCUT2D eigenvalue weighted by Crippen LogP contribution is -2.06. The molecule has 1 heterocycles. The van der Waals surface area contributed by atoms with Crippen LogP contribution in [0.15, 0.2) is 42.7 Å². The van der Waals surface area contributed by atoms with E-state index >= 15 is 0 Å². The summed E-state index contributed by atoms with van der Waals surface area (Å²) < 4.78 is 0. The van der Waals surface area contributed by atoms with Crippen LogP contribution in [0.25, 0.3) is 0 Å². The molecule has 0 bridgehead atoms. The Kier molecular flexibility index (Phi) is 3.92. The molecular weight excluding hydrogens is 244 g/mol. The Bertz CT molecular complexity index is 572. The second-order valence-electron chi connectivity index (χ2n) is 4.11. The van der Waals surface area contributed by atoms with E-state index in [4.69, 9.17) is 5.73 Å². The summed E-state index contributed by atoms with van der Waals surface area (Å²) in [4.78, 5) is 14.3. The molecule has 0 unspecified atom stereocenters. The maximum Gasteiger partial charge on any atom is 0.273 e. The van der Waals surface area contributed by atoms with E-state index in [2.05, 4.69) is 10.3 Å². The van der Waals surface area contributed by atoms with E-state index in [1.165, 1.54) is 12.1 Å². The van der Waals surface area contributed by atoms with Gasteiger partial charge in [-0.25, -0.2) is 0 Å². The highest BCUT2D eigenvalue weighted by Crippen LogP contribution is 2.22. The van der Waals surface area contributed by atoms with Crippen LogP contribution < -0.4 is 11.1 Å². The lowest BCUT2D eigenvalue weighted by molar-refractivity contribution is -0.384. The molecule has 0 saturated carbocycles. The van der Waals surface area contributed by atoms with Crippen LogP contribution in [0.3, 0.4) is 0 Å². The number of rotatable bonds is 5.